The molecule has 1 unspecified atom stereocenters. The fourth-order valence-corrected chi connectivity index (χ4v) is 9.20. The fourth-order valence-electron chi connectivity index (χ4n) is 1.75. The van der Waals surface area contributed by atoms with E-state index in [1.54, 1.807) is 0 Å². The van der Waals surface area contributed by atoms with E-state index in [1.807, 2.05) is 0 Å². The summed E-state index contributed by atoms with van der Waals surface area (Å²) in [5, 5.41) is 0. The van der Waals surface area contributed by atoms with Crippen molar-refractivity contribution in [2.24, 2.45) is 0 Å². The maximum Gasteiger partial charge on any atom is 0.379 e. The molecule has 23 heavy (non-hydrogen) atoms. The highest BCUT2D eigenvalue weighted by molar-refractivity contribution is 8.10. The van der Waals surface area contributed by atoms with Crippen LogP contribution in [0.15, 0.2) is 35.2 Å². The van der Waals surface area contributed by atoms with Crippen molar-refractivity contribution in [1.82, 2.24) is 0 Å². The minimum Gasteiger partial charge on any atom is -0.322 e. The number of sulfone groups is 1. The summed E-state index contributed by atoms with van der Waals surface area (Å²) in [5.41, 5.74) is 0. The number of rotatable bonds is 8. The van der Waals surface area contributed by atoms with Gasteiger partial charge in [0.25, 0.3) is 0 Å². The zero-order valence-electron chi connectivity index (χ0n) is 12.3. The number of halogens is 1. The zero-order chi connectivity index (χ0) is 17.9. The average molecular weight is 407 g/mol. The summed E-state index contributed by atoms with van der Waals surface area (Å²) in [4.78, 5) is 18.7. The number of hydrogen-bond acceptors (Lipinski definition) is 6. The molecular formula is C11H17ClO8P2S. The monoisotopic (exact) mass is 406 g/mol. The van der Waals surface area contributed by atoms with Crippen LogP contribution in [0.2, 0.25) is 0 Å². The summed E-state index contributed by atoms with van der Waals surface area (Å²) in [6.45, 7) is 2.07. The molecule has 0 amide bonds. The molecular weight excluding hydrogens is 390 g/mol. The van der Waals surface area contributed by atoms with Crippen LogP contribution in [0.3, 0.4) is 0 Å². The maximum absolute atomic E-state index is 12.9. The molecule has 0 radical (unpaired) electrons. The van der Waals surface area contributed by atoms with Crippen molar-refractivity contribution < 1.29 is 36.4 Å². The summed E-state index contributed by atoms with van der Waals surface area (Å²) >= 11 is 5.84. The lowest BCUT2D eigenvalue weighted by Gasteiger charge is -2.33. The van der Waals surface area contributed by atoms with Gasteiger partial charge in [-0.1, -0.05) is 29.8 Å². The average Bonchev–Trinajstić information content (AvgIpc) is 2.46. The molecule has 0 aliphatic rings. The second kappa shape index (κ2) is 7.33. The molecule has 12 heteroatoms. The van der Waals surface area contributed by atoms with Gasteiger partial charge < -0.3 is 18.8 Å². The second-order valence-corrected chi connectivity index (χ2v) is 12.5. The summed E-state index contributed by atoms with van der Waals surface area (Å²) in [6.07, 6.45) is 0. The zero-order valence-corrected chi connectivity index (χ0v) is 15.7. The molecule has 0 spiro atoms. The van der Waals surface area contributed by atoms with Crippen molar-refractivity contribution in [3.8, 4) is 0 Å². The highest BCUT2D eigenvalue weighted by atomic mass is 35.5. The first-order valence-electron chi connectivity index (χ1n) is 6.41. The van der Waals surface area contributed by atoms with Gasteiger partial charge in [-0.15, -0.1) is 0 Å². The van der Waals surface area contributed by atoms with Gasteiger partial charge >= 0.3 is 18.9 Å². The van der Waals surface area contributed by atoms with E-state index in [-0.39, 0.29) is 13.2 Å². The van der Waals surface area contributed by atoms with Gasteiger partial charge in [0.2, 0.25) is 9.84 Å². The Morgan fingerprint density at radius 1 is 1.09 bits per heavy atom. The van der Waals surface area contributed by atoms with Crippen molar-refractivity contribution in [3.05, 3.63) is 30.3 Å². The van der Waals surface area contributed by atoms with Gasteiger partial charge in [-0.2, -0.15) is 0 Å². The molecule has 0 fully saturated rings. The van der Waals surface area contributed by atoms with Crippen LogP contribution in [0.25, 0.3) is 0 Å². The first-order valence-corrected chi connectivity index (χ1v) is 11.4. The Morgan fingerprint density at radius 3 is 1.87 bits per heavy atom. The molecule has 8 nitrogen and oxygen atoms in total. The smallest absolute Gasteiger partial charge is 0.322 e. The largest absolute Gasteiger partial charge is 0.379 e. The van der Waals surface area contributed by atoms with Crippen LogP contribution in [0, 0.1) is 0 Å². The number of benzene rings is 1. The van der Waals surface area contributed by atoms with Crippen LogP contribution in [0.4, 0.5) is 0 Å². The second-order valence-electron chi connectivity index (χ2n) is 4.22. The van der Waals surface area contributed by atoms with Crippen molar-refractivity contribution in [2.75, 3.05) is 13.2 Å². The molecule has 0 bridgehead atoms. The minimum atomic E-state index is -5.69. The molecule has 0 aliphatic heterocycles. The molecule has 1 aromatic carbocycles. The van der Waals surface area contributed by atoms with Crippen LogP contribution in [0.5, 0.6) is 0 Å². The van der Waals surface area contributed by atoms with Gasteiger partial charge in [-0.25, -0.2) is 8.42 Å². The lowest BCUT2D eigenvalue weighted by Crippen LogP contribution is -2.34. The van der Waals surface area contributed by atoms with Crippen LogP contribution in [-0.4, -0.2) is 35.1 Å². The number of hydrogen-bond donors (Lipinski definition) is 2. The SMILES string of the molecule is CCOP(=O)(OCC)C(Cl)(P(=O)(O)O)S(=O)(=O)c1ccccc1. The van der Waals surface area contributed by atoms with Crippen molar-refractivity contribution in [2.45, 2.75) is 22.4 Å². The minimum absolute atomic E-state index is 0.323. The highest BCUT2D eigenvalue weighted by Crippen LogP contribution is 2.79. The summed E-state index contributed by atoms with van der Waals surface area (Å²) in [7, 11) is -15.6. The van der Waals surface area contributed by atoms with Crippen LogP contribution in [-0.2, 0) is 28.0 Å². The Hall–Kier alpha value is -0.240. The topological polar surface area (TPSA) is 127 Å². The molecule has 0 aliphatic carbocycles. The van der Waals surface area contributed by atoms with Crippen LogP contribution in [0.1, 0.15) is 13.8 Å². The molecule has 1 aromatic rings. The predicted octanol–water partition coefficient (Wildman–Crippen LogP) is 2.75. The standard InChI is InChI=1S/C11H17ClO8P2S/c1-3-19-22(16,20-4-2)11(12,21(13,14)15)23(17,18)10-8-6-5-7-9-10/h5-9H,3-4H2,1-2H3,(H2,13,14,15). The van der Waals surface area contributed by atoms with Crippen LogP contribution < -0.4 is 0 Å². The van der Waals surface area contributed by atoms with Gasteiger partial charge in [-0.05, 0) is 26.0 Å². The maximum atomic E-state index is 12.9. The third-order valence-electron chi connectivity index (χ3n) is 2.69. The summed E-state index contributed by atoms with van der Waals surface area (Å²) < 4.78 is 56.3. The predicted molar refractivity (Wildman–Crippen MR) is 85.1 cm³/mol. The third-order valence-corrected chi connectivity index (χ3v) is 13.1. The molecule has 0 saturated heterocycles. The first-order chi connectivity index (χ1) is 10.5. The summed E-state index contributed by atoms with van der Waals surface area (Å²) in [5.74, 6) is 0. The number of alkyl halides is 1. The molecule has 0 heterocycles. The van der Waals surface area contributed by atoms with Gasteiger partial charge in [0.15, 0.2) is 0 Å². The molecule has 1 atom stereocenters. The van der Waals surface area contributed by atoms with Gasteiger partial charge in [-0.3, -0.25) is 9.13 Å². The summed E-state index contributed by atoms with van der Waals surface area (Å²) in [6, 6.07) is 6.30. The fraction of sp³-hybridized carbons (Fsp3) is 0.455. The van der Waals surface area contributed by atoms with Crippen molar-refractivity contribution in [1.29, 1.82) is 0 Å². The third kappa shape index (κ3) is 3.57. The molecule has 0 saturated carbocycles. The van der Waals surface area contributed by atoms with Gasteiger partial charge in [0, 0.05) is 0 Å². The molecule has 0 aromatic heterocycles. The van der Waals surface area contributed by atoms with Gasteiger partial charge in [0.05, 0.1) is 18.1 Å². The van der Waals surface area contributed by atoms with E-state index in [4.69, 9.17) is 20.6 Å². The van der Waals surface area contributed by atoms with E-state index >= 15 is 0 Å². The Morgan fingerprint density at radius 2 is 1.52 bits per heavy atom. The van der Waals surface area contributed by atoms with E-state index in [0.717, 1.165) is 12.1 Å². The molecule has 2 N–H and O–H groups in total. The normalized spacial score (nSPS) is 16.0. The van der Waals surface area contributed by atoms with E-state index < -0.39 is 33.6 Å². The van der Waals surface area contributed by atoms with E-state index in [2.05, 4.69) is 0 Å². The van der Waals surface area contributed by atoms with E-state index in [9.17, 15) is 27.3 Å². The Labute approximate surface area is 139 Å². The highest BCUT2D eigenvalue weighted by Gasteiger charge is 2.71. The first kappa shape index (κ1) is 20.8. The molecule has 1 rings (SSSR count). The lowest BCUT2D eigenvalue weighted by molar-refractivity contribution is 0.216. The van der Waals surface area contributed by atoms with E-state index in [0.29, 0.717) is 0 Å². The lowest BCUT2D eigenvalue weighted by atomic mass is 10.4. The Bertz CT molecular complexity index is 722. The Kier molecular flexibility index (Phi) is 6.63. The Balaban J connectivity index is 3.76. The van der Waals surface area contributed by atoms with Crippen LogP contribution >= 0.6 is 26.8 Å². The molecule has 132 valence electrons. The van der Waals surface area contributed by atoms with Crippen molar-refractivity contribution in [3.63, 3.8) is 0 Å². The van der Waals surface area contributed by atoms with E-state index in [1.165, 1.54) is 32.0 Å². The van der Waals surface area contributed by atoms with Crippen molar-refractivity contribution >= 4 is 36.6 Å². The quantitative estimate of drug-likeness (QED) is 0.498. The van der Waals surface area contributed by atoms with Gasteiger partial charge in [0.1, 0.15) is 0 Å².